The number of anilines is 1. The number of benzene rings is 1. The highest BCUT2D eigenvalue weighted by Crippen LogP contribution is 2.21. The Morgan fingerprint density at radius 1 is 1.10 bits per heavy atom. The molecule has 1 aliphatic rings. The molecule has 1 aromatic carbocycles. The molecule has 1 unspecified atom stereocenters. The molecule has 29 heavy (non-hydrogen) atoms. The number of hydrogen-bond donors (Lipinski definition) is 1. The summed E-state index contributed by atoms with van der Waals surface area (Å²) in [6.45, 7) is 10.4. The largest absolute Gasteiger partial charge is 0.481 e. The Labute approximate surface area is 172 Å². The molecule has 156 valence electrons. The molecule has 1 aliphatic heterocycles. The van der Waals surface area contributed by atoms with Gasteiger partial charge in [0.2, 0.25) is 5.88 Å². The summed E-state index contributed by atoms with van der Waals surface area (Å²) in [5.74, 6) is 2.65. The summed E-state index contributed by atoms with van der Waals surface area (Å²) in [6, 6.07) is 7.79. The summed E-state index contributed by atoms with van der Waals surface area (Å²) in [6.07, 6.45) is 1.79. The number of aryl methyl sites for hydroxylation is 3. The molecule has 2 heterocycles. The van der Waals surface area contributed by atoms with Gasteiger partial charge in [0.25, 0.3) is 5.91 Å². The molecule has 0 spiro atoms. The van der Waals surface area contributed by atoms with Crippen LogP contribution < -0.4 is 19.7 Å². The number of aromatic nitrogens is 2. The van der Waals surface area contributed by atoms with E-state index in [4.69, 9.17) is 9.47 Å². The highest BCUT2D eigenvalue weighted by atomic mass is 16.5. The summed E-state index contributed by atoms with van der Waals surface area (Å²) in [5, 5.41) is 2.84. The predicted molar refractivity (Wildman–Crippen MR) is 113 cm³/mol. The van der Waals surface area contributed by atoms with E-state index in [9.17, 15) is 4.79 Å². The zero-order chi connectivity index (χ0) is 20.8. The lowest BCUT2D eigenvalue weighted by Crippen LogP contribution is -2.38. The quantitative estimate of drug-likeness (QED) is 0.689. The molecule has 1 fully saturated rings. The lowest BCUT2D eigenvalue weighted by Gasteiger charge is -2.18. The van der Waals surface area contributed by atoms with Crippen molar-refractivity contribution in [1.82, 2.24) is 15.3 Å². The molecule has 7 heteroatoms. The van der Waals surface area contributed by atoms with E-state index in [0.717, 1.165) is 30.0 Å². The normalized spacial score (nSPS) is 14.6. The van der Waals surface area contributed by atoms with Gasteiger partial charge in [-0.25, -0.2) is 4.98 Å². The van der Waals surface area contributed by atoms with Crippen molar-refractivity contribution in [1.29, 1.82) is 0 Å². The number of amides is 1. The molecule has 0 aliphatic carbocycles. The Hall–Kier alpha value is -2.83. The summed E-state index contributed by atoms with van der Waals surface area (Å²) >= 11 is 0. The topological polar surface area (TPSA) is 76.6 Å². The van der Waals surface area contributed by atoms with Crippen LogP contribution in [0.2, 0.25) is 0 Å². The maximum Gasteiger partial charge on any atom is 0.260 e. The van der Waals surface area contributed by atoms with Gasteiger partial charge in [0.1, 0.15) is 24.0 Å². The molecule has 7 nitrogen and oxygen atoms in total. The fourth-order valence-corrected chi connectivity index (χ4v) is 3.44. The minimum Gasteiger partial charge on any atom is -0.481 e. The van der Waals surface area contributed by atoms with Crippen LogP contribution in [0, 0.1) is 20.8 Å². The lowest BCUT2D eigenvalue weighted by molar-refractivity contribution is -0.127. The van der Waals surface area contributed by atoms with Crippen molar-refractivity contribution >= 4 is 11.7 Å². The zero-order valence-electron chi connectivity index (χ0n) is 17.7. The van der Waals surface area contributed by atoms with Crippen molar-refractivity contribution in [2.45, 2.75) is 46.6 Å². The summed E-state index contributed by atoms with van der Waals surface area (Å²) in [7, 11) is 0. The average Bonchev–Trinajstić information content (AvgIpc) is 3.18. The van der Waals surface area contributed by atoms with Crippen LogP contribution >= 0.6 is 0 Å². The number of nitrogens with zero attached hydrogens (tertiary/aromatic N) is 3. The van der Waals surface area contributed by atoms with Crippen LogP contribution in [0.15, 0.2) is 24.3 Å². The number of hydrogen-bond acceptors (Lipinski definition) is 6. The molecule has 1 saturated heterocycles. The lowest BCUT2D eigenvalue weighted by atomic mass is 10.1. The third-order valence-electron chi connectivity index (χ3n) is 4.76. The van der Waals surface area contributed by atoms with E-state index in [1.54, 1.807) is 6.92 Å². The van der Waals surface area contributed by atoms with Crippen LogP contribution in [0.25, 0.3) is 0 Å². The fourth-order valence-electron chi connectivity index (χ4n) is 3.44. The van der Waals surface area contributed by atoms with Crippen molar-refractivity contribution in [3.05, 3.63) is 41.2 Å². The van der Waals surface area contributed by atoms with E-state index < -0.39 is 6.10 Å². The van der Waals surface area contributed by atoms with E-state index in [-0.39, 0.29) is 5.91 Å². The number of nitrogens with one attached hydrogen (secondary N) is 1. The second-order valence-corrected chi connectivity index (χ2v) is 7.53. The Bertz CT molecular complexity index is 830. The number of carbonyl (C=O) groups excluding carboxylic acids is 1. The van der Waals surface area contributed by atoms with Gasteiger partial charge in [0, 0.05) is 19.2 Å². The molecular weight excluding hydrogens is 368 g/mol. The first-order valence-corrected chi connectivity index (χ1v) is 10.2. The SMILES string of the molecule is Cc1cc(C)cc(OC(C)C(=O)NCCOc2cc(N3CCCC3)nc(C)n2)c1. The molecule has 1 atom stereocenters. The van der Waals surface area contributed by atoms with Gasteiger partial charge in [-0.3, -0.25) is 4.79 Å². The molecule has 1 aromatic heterocycles. The van der Waals surface area contributed by atoms with Crippen molar-refractivity contribution in [2.24, 2.45) is 0 Å². The molecule has 0 saturated carbocycles. The summed E-state index contributed by atoms with van der Waals surface area (Å²) in [5.41, 5.74) is 2.21. The molecule has 2 aromatic rings. The Kier molecular flexibility index (Phi) is 6.90. The third kappa shape index (κ3) is 6.07. The fraction of sp³-hybridized carbons (Fsp3) is 0.500. The highest BCUT2D eigenvalue weighted by molar-refractivity contribution is 5.80. The van der Waals surface area contributed by atoms with Gasteiger partial charge < -0.3 is 19.7 Å². The van der Waals surface area contributed by atoms with Crippen molar-refractivity contribution in [3.8, 4) is 11.6 Å². The van der Waals surface area contributed by atoms with Crippen LogP contribution in [-0.4, -0.2) is 48.2 Å². The third-order valence-corrected chi connectivity index (χ3v) is 4.76. The Morgan fingerprint density at radius 3 is 2.48 bits per heavy atom. The van der Waals surface area contributed by atoms with Gasteiger partial charge in [-0.2, -0.15) is 4.98 Å². The van der Waals surface area contributed by atoms with Gasteiger partial charge in [-0.05, 0) is 63.8 Å². The second-order valence-electron chi connectivity index (χ2n) is 7.53. The van der Waals surface area contributed by atoms with Gasteiger partial charge in [-0.15, -0.1) is 0 Å². The first-order chi connectivity index (χ1) is 13.9. The zero-order valence-corrected chi connectivity index (χ0v) is 17.7. The van der Waals surface area contributed by atoms with E-state index in [0.29, 0.717) is 30.6 Å². The molecule has 3 rings (SSSR count). The monoisotopic (exact) mass is 398 g/mol. The Morgan fingerprint density at radius 2 is 1.79 bits per heavy atom. The number of rotatable bonds is 8. The molecular formula is C22H30N4O3. The molecule has 0 bridgehead atoms. The van der Waals surface area contributed by atoms with Crippen molar-refractivity contribution < 1.29 is 14.3 Å². The van der Waals surface area contributed by atoms with E-state index >= 15 is 0 Å². The van der Waals surface area contributed by atoms with Gasteiger partial charge >= 0.3 is 0 Å². The van der Waals surface area contributed by atoms with E-state index in [2.05, 4.69) is 26.3 Å². The summed E-state index contributed by atoms with van der Waals surface area (Å²) < 4.78 is 11.5. The average molecular weight is 399 g/mol. The van der Waals surface area contributed by atoms with Crippen LogP contribution in [-0.2, 0) is 4.79 Å². The first-order valence-electron chi connectivity index (χ1n) is 10.2. The maximum atomic E-state index is 12.3. The maximum absolute atomic E-state index is 12.3. The minimum atomic E-state index is -0.584. The smallest absolute Gasteiger partial charge is 0.260 e. The first kappa shape index (κ1) is 20.9. The van der Waals surface area contributed by atoms with Crippen molar-refractivity contribution in [3.63, 3.8) is 0 Å². The van der Waals surface area contributed by atoms with E-state index in [1.165, 1.54) is 12.8 Å². The standard InChI is InChI=1S/C22H30N4O3/c1-15-11-16(2)13-19(12-15)29-17(3)22(27)23-7-10-28-21-14-20(24-18(4)25-21)26-8-5-6-9-26/h11-14,17H,5-10H2,1-4H3,(H,23,27). The van der Waals surface area contributed by atoms with Crippen LogP contribution in [0.4, 0.5) is 5.82 Å². The summed E-state index contributed by atoms with van der Waals surface area (Å²) in [4.78, 5) is 23.4. The van der Waals surface area contributed by atoms with Gasteiger partial charge in [0.15, 0.2) is 6.10 Å². The van der Waals surface area contributed by atoms with Crippen LogP contribution in [0.1, 0.15) is 36.7 Å². The number of ether oxygens (including phenoxy) is 2. The predicted octanol–water partition coefficient (Wildman–Crippen LogP) is 2.96. The highest BCUT2D eigenvalue weighted by Gasteiger charge is 2.16. The van der Waals surface area contributed by atoms with Gasteiger partial charge in [0.05, 0.1) is 6.54 Å². The van der Waals surface area contributed by atoms with Crippen molar-refractivity contribution in [2.75, 3.05) is 31.1 Å². The van der Waals surface area contributed by atoms with E-state index in [1.807, 2.05) is 39.0 Å². The second kappa shape index (κ2) is 9.58. The number of carbonyl (C=O) groups is 1. The van der Waals surface area contributed by atoms with Crippen LogP contribution in [0.3, 0.4) is 0 Å². The molecule has 1 N–H and O–H groups in total. The molecule has 1 amide bonds. The Balaban J connectivity index is 1.45. The van der Waals surface area contributed by atoms with Gasteiger partial charge in [-0.1, -0.05) is 6.07 Å². The molecule has 0 radical (unpaired) electrons. The van der Waals surface area contributed by atoms with Crippen LogP contribution in [0.5, 0.6) is 11.6 Å². The minimum absolute atomic E-state index is 0.176.